The molecular weight excluding hydrogens is 214 g/mol. The molecule has 0 heterocycles. The third kappa shape index (κ3) is 4.44. The zero-order valence-corrected chi connectivity index (χ0v) is 10.6. The van der Waals surface area contributed by atoms with Gasteiger partial charge in [0.25, 0.3) is 0 Å². The Bertz CT molecular complexity index is 365. The molecule has 0 radical (unpaired) electrons. The SMILES string of the molecule is COCCCCN(C)c1cccc(C(=N)N)c1. The topological polar surface area (TPSA) is 62.3 Å². The van der Waals surface area contributed by atoms with Gasteiger partial charge in [-0.15, -0.1) is 0 Å². The van der Waals surface area contributed by atoms with E-state index in [-0.39, 0.29) is 5.84 Å². The van der Waals surface area contributed by atoms with Crippen LogP contribution in [0.3, 0.4) is 0 Å². The second kappa shape index (κ2) is 6.91. The minimum Gasteiger partial charge on any atom is -0.385 e. The summed E-state index contributed by atoms with van der Waals surface area (Å²) in [5.41, 5.74) is 7.33. The predicted octanol–water partition coefficient (Wildman–Crippen LogP) is 1.83. The van der Waals surface area contributed by atoms with Gasteiger partial charge >= 0.3 is 0 Å². The molecule has 94 valence electrons. The van der Waals surface area contributed by atoms with Gasteiger partial charge in [-0.2, -0.15) is 0 Å². The molecule has 4 nitrogen and oxygen atoms in total. The van der Waals surface area contributed by atoms with E-state index in [0.717, 1.165) is 37.2 Å². The summed E-state index contributed by atoms with van der Waals surface area (Å²) in [7, 11) is 3.77. The van der Waals surface area contributed by atoms with Gasteiger partial charge in [-0.3, -0.25) is 5.41 Å². The lowest BCUT2D eigenvalue weighted by Gasteiger charge is -2.19. The number of nitrogens with two attached hydrogens (primary N) is 1. The maximum atomic E-state index is 7.41. The Labute approximate surface area is 103 Å². The number of benzene rings is 1. The second-order valence-corrected chi connectivity index (χ2v) is 4.09. The van der Waals surface area contributed by atoms with Crippen molar-refractivity contribution in [3.63, 3.8) is 0 Å². The largest absolute Gasteiger partial charge is 0.385 e. The Hall–Kier alpha value is -1.55. The van der Waals surface area contributed by atoms with E-state index >= 15 is 0 Å². The lowest BCUT2D eigenvalue weighted by atomic mass is 10.1. The van der Waals surface area contributed by atoms with Crippen LogP contribution in [0.25, 0.3) is 0 Å². The smallest absolute Gasteiger partial charge is 0.122 e. The lowest BCUT2D eigenvalue weighted by molar-refractivity contribution is 0.193. The van der Waals surface area contributed by atoms with Crippen molar-refractivity contribution in [2.24, 2.45) is 5.73 Å². The van der Waals surface area contributed by atoms with Gasteiger partial charge in [0.2, 0.25) is 0 Å². The van der Waals surface area contributed by atoms with Crippen LogP contribution in [0.1, 0.15) is 18.4 Å². The Morgan fingerprint density at radius 1 is 1.41 bits per heavy atom. The molecule has 17 heavy (non-hydrogen) atoms. The molecule has 3 N–H and O–H groups in total. The number of rotatable bonds is 7. The average Bonchev–Trinajstić information content (AvgIpc) is 2.34. The van der Waals surface area contributed by atoms with Crippen LogP contribution in [0.4, 0.5) is 5.69 Å². The first-order valence-corrected chi connectivity index (χ1v) is 5.79. The standard InChI is InChI=1S/C13H21N3O/c1-16(8-3-4-9-17-2)12-7-5-6-11(10-12)13(14)15/h5-7,10H,3-4,8-9H2,1-2H3,(H3,14,15). The van der Waals surface area contributed by atoms with Gasteiger partial charge in [-0.05, 0) is 25.0 Å². The van der Waals surface area contributed by atoms with Gasteiger partial charge in [-0.25, -0.2) is 0 Å². The van der Waals surface area contributed by atoms with Crippen molar-refractivity contribution in [2.75, 3.05) is 32.2 Å². The van der Waals surface area contributed by atoms with Crippen molar-refractivity contribution in [1.82, 2.24) is 0 Å². The molecule has 0 aliphatic heterocycles. The van der Waals surface area contributed by atoms with Gasteiger partial charge in [0.15, 0.2) is 0 Å². The summed E-state index contributed by atoms with van der Waals surface area (Å²) in [4.78, 5) is 2.17. The van der Waals surface area contributed by atoms with Gasteiger partial charge in [0.05, 0.1) is 0 Å². The van der Waals surface area contributed by atoms with Crippen LogP contribution in [0, 0.1) is 5.41 Å². The summed E-state index contributed by atoms with van der Waals surface area (Å²) in [6, 6.07) is 7.75. The van der Waals surface area contributed by atoms with E-state index in [2.05, 4.69) is 4.90 Å². The van der Waals surface area contributed by atoms with Gasteiger partial charge in [0, 0.05) is 38.6 Å². The Balaban J connectivity index is 2.53. The zero-order chi connectivity index (χ0) is 12.7. The fourth-order valence-electron chi connectivity index (χ4n) is 1.64. The molecule has 0 aliphatic carbocycles. The molecular formula is C13H21N3O. The van der Waals surface area contributed by atoms with E-state index < -0.39 is 0 Å². The Morgan fingerprint density at radius 2 is 2.18 bits per heavy atom. The fourth-order valence-corrected chi connectivity index (χ4v) is 1.64. The van der Waals surface area contributed by atoms with E-state index in [1.807, 2.05) is 31.3 Å². The number of ether oxygens (including phenoxy) is 1. The number of nitrogens with zero attached hydrogens (tertiary/aromatic N) is 1. The third-order valence-electron chi connectivity index (χ3n) is 2.69. The van der Waals surface area contributed by atoms with Crippen LogP contribution in [-0.2, 0) is 4.74 Å². The number of unbranched alkanes of at least 4 members (excludes halogenated alkanes) is 1. The van der Waals surface area contributed by atoms with Crippen LogP contribution in [0.2, 0.25) is 0 Å². The zero-order valence-electron chi connectivity index (χ0n) is 10.6. The van der Waals surface area contributed by atoms with E-state index in [1.165, 1.54) is 0 Å². The second-order valence-electron chi connectivity index (χ2n) is 4.09. The van der Waals surface area contributed by atoms with E-state index in [0.29, 0.717) is 0 Å². The summed E-state index contributed by atoms with van der Waals surface area (Å²) in [5, 5.41) is 7.41. The molecule has 1 aromatic carbocycles. The fraction of sp³-hybridized carbons (Fsp3) is 0.462. The van der Waals surface area contributed by atoms with Crippen molar-refractivity contribution in [1.29, 1.82) is 5.41 Å². The molecule has 0 fully saturated rings. The van der Waals surface area contributed by atoms with E-state index in [9.17, 15) is 0 Å². The molecule has 1 rings (SSSR count). The van der Waals surface area contributed by atoms with Gasteiger partial charge in [-0.1, -0.05) is 12.1 Å². The number of hydrogen-bond acceptors (Lipinski definition) is 3. The van der Waals surface area contributed by atoms with Crippen LogP contribution in [0.15, 0.2) is 24.3 Å². The highest BCUT2D eigenvalue weighted by molar-refractivity contribution is 5.95. The first-order chi connectivity index (χ1) is 8.15. The van der Waals surface area contributed by atoms with Crippen molar-refractivity contribution in [2.45, 2.75) is 12.8 Å². The Kier molecular flexibility index (Phi) is 5.49. The molecule has 0 spiro atoms. The lowest BCUT2D eigenvalue weighted by Crippen LogP contribution is -2.20. The molecule has 4 heteroatoms. The summed E-state index contributed by atoms with van der Waals surface area (Å²) in [6.07, 6.45) is 2.15. The van der Waals surface area contributed by atoms with Crippen molar-refractivity contribution in [3.8, 4) is 0 Å². The quantitative estimate of drug-likeness (QED) is 0.430. The summed E-state index contributed by atoms with van der Waals surface area (Å²) in [6.45, 7) is 1.78. The van der Waals surface area contributed by atoms with Crippen molar-refractivity contribution < 1.29 is 4.74 Å². The molecule has 0 bridgehead atoms. The molecule has 0 unspecified atom stereocenters. The number of nitrogens with one attached hydrogen (secondary N) is 1. The number of methoxy groups -OCH3 is 1. The maximum absolute atomic E-state index is 7.41. The van der Waals surface area contributed by atoms with E-state index in [1.54, 1.807) is 7.11 Å². The molecule has 0 saturated carbocycles. The van der Waals surface area contributed by atoms with Crippen LogP contribution in [0.5, 0.6) is 0 Å². The highest BCUT2D eigenvalue weighted by atomic mass is 16.5. The number of amidine groups is 1. The van der Waals surface area contributed by atoms with Crippen molar-refractivity contribution >= 4 is 11.5 Å². The molecule has 0 aliphatic rings. The molecule has 0 amide bonds. The highest BCUT2D eigenvalue weighted by Gasteiger charge is 2.03. The normalized spacial score (nSPS) is 10.2. The monoisotopic (exact) mass is 235 g/mol. The Morgan fingerprint density at radius 3 is 2.82 bits per heavy atom. The molecule has 1 aromatic rings. The first-order valence-electron chi connectivity index (χ1n) is 5.79. The number of nitrogen functional groups attached to an aromatic ring is 1. The summed E-state index contributed by atoms with van der Waals surface area (Å²) >= 11 is 0. The molecule has 0 atom stereocenters. The maximum Gasteiger partial charge on any atom is 0.122 e. The van der Waals surface area contributed by atoms with Crippen LogP contribution < -0.4 is 10.6 Å². The van der Waals surface area contributed by atoms with Crippen molar-refractivity contribution in [3.05, 3.63) is 29.8 Å². The average molecular weight is 235 g/mol. The first kappa shape index (κ1) is 13.5. The van der Waals surface area contributed by atoms with Gasteiger partial charge < -0.3 is 15.4 Å². The number of hydrogen-bond donors (Lipinski definition) is 2. The molecule has 0 aromatic heterocycles. The number of anilines is 1. The minimum absolute atomic E-state index is 0.111. The highest BCUT2D eigenvalue weighted by Crippen LogP contribution is 2.15. The van der Waals surface area contributed by atoms with E-state index in [4.69, 9.17) is 15.9 Å². The summed E-state index contributed by atoms with van der Waals surface area (Å²) < 4.78 is 5.02. The predicted molar refractivity (Wildman–Crippen MR) is 71.8 cm³/mol. The van der Waals surface area contributed by atoms with Gasteiger partial charge in [0.1, 0.15) is 5.84 Å². The minimum atomic E-state index is 0.111. The summed E-state index contributed by atoms with van der Waals surface area (Å²) in [5.74, 6) is 0.111. The van der Waals surface area contributed by atoms with Crippen LogP contribution >= 0.6 is 0 Å². The molecule has 0 saturated heterocycles. The van der Waals surface area contributed by atoms with Crippen LogP contribution in [-0.4, -0.2) is 33.1 Å². The third-order valence-corrected chi connectivity index (χ3v) is 2.69.